The lowest BCUT2D eigenvalue weighted by Crippen LogP contribution is -2.05. The van der Waals surface area contributed by atoms with E-state index in [1.165, 1.54) is 30.4 Å². The van der Waals surface area contributed by atoms with Gasteiger partial charge in [-0.2, -0.15) is 4.98 Å². The molecule has 0 aliphatic rings. The highest BCUT2D eigenvalue weighted by molar-refractivity contribution is 7.15. The van der Waals surface area contributed by atoms with Crippen LogP contribution in [0, 0.1) is 5.82 Å². The van der Waals surface area contributed by atoms with Gasteiger partial charge < -0.3 is 10.6 Å². The van der Waals surface area contributed by atoms with Gasteiger partial charge in [0.15, 0.2) is 5.82 Å². The van der Waals surface area contributed by atoms with Crippen LogP contribution < -0.4 is 10.6 Å². The lowest BCUT2D eigenvalue weighted by atomic mass is 10.1. The number of amides is 1. The lowest BCUT2D eigenvalue weighted by Gasteiger charge is -2.04. The zero-order chi connectivity index (χ0) is 22.1. The number of carbonyl (C=O) groups excluding carboxylic acids is 1. The van der Waals surface area contributed by atoms with Crippen LogP contribution in [0.15, 0.2) is 66.0 Å². The summed E-state index contributed by atoms with van der Waals surface area (Å²) in [5.74, 6) is 0.484. The van der Waals surface area contributed by atoms with Crippen molar-refractivity contribution < 1.29 is 9.18 Å². The molecule has 32 heavy (non-hydrogen) atoms. The minimum Gasteiger partial charge on any atom is -0.326 e. The number of nitrogens with zero attached hydrogens (tertiary/aromatic N) is 5. The van der Waals surface area contributed by atoms with E-state index in [2.05, 4.69) is 30.9 Å². The molecule has 2 N–H and O–H groups in total. The molecule has 3 heterocycles. The van der Waals surface area contributed by atoms with E-state index >= 15 is 0 Å². The van der Waals surface area contributed by atoms with Gasteiger partial charge in [0.2, 0.25) is 16.8 Å². The van der Waals surface area contributed by atoms with Gasteiger partial charge in [-0.1, -0.05) is 12.1 Å². The zero-order valence-electron chi connectivity index (χ0n) is 16.8. The van der Waals surface area contributed by atoms with Gasteiger partial charge in [0.25, 0.3) is 0 Å². The van der Waals surface area contributed by atoms with Gasteiger partial charge in [0.1, 0.15) is 5.82 Å². The molecule has 10 heteroatoms. The molecule has 0 aliphatic heterocycles. The predicted octanol–water partition coefficient (Wildman–Crippen LogP) is 4.76. The Kier molecular flexibility index (Phi) is 5.04. The summed E-state index contributed by atoms with van der Waals surface area (Å²) in [4.78, 5) is 16.4. The van der Waals surface area contributed by atoms with Crippen molar-refractivity contribution in [2.75, 3.05) is 10.6 Å². The number of halogens is 1. The number of fused-ring (bicyclic) bond motifs is 1. The maximum atomic E-state index is 13.1. The van der Waals surface area contributed by atoms with E-state index in [9.17, 15) is 9.18 Å². The first-order valence-electron chi connectivity index (χ1n) is 9.64. The molecule has 0 aliphatic carbocycles. The van der Waals surface area contributed by atoms with Crippen LogP contribution in [-0.2, 0) is 4.79 Å². The van der Waals surface area contributed by atoms with Crippen LogP contribution in [0.3, 0.4) is 0 Å². The molecule has 2 aromatic carbocycles. The Bertz CT molecular complexity index is 1390. The standard InChI is InChI=1S/C22H16FN7OS/c1-13(31)24-17-8-4-15(5-9-17)19-12-32-22-26-21(29-30(19)22)25-20-11-10-18(27-28-20)14-2-6-16(23)7-3-14/h2-12H,1H3,(H,24,31)(H,25,28,29). The quantitative estimate of drug-likeness (QED) is 0.405. The van der Waals surface area contributed by atoms with Crippen molar-refractivity contribution in [2.24, 2.45) is 0 Å². The second-order valence-electron chi connectivity index (χ2n) is 6.94. The number of anilines is 3. The van der Waals surface area contributed by atoms with Crippen LogP contribution in [0.4, 0.5) is 21.8 Å². The Balaban J connectivity index is 1.35. The molecule has 158 valence electrons. The zero-order valence-corrected chi connectivity index (χ0v) is 17.6. The van der Waals surface area contributed by atoms with E-state index in [1.807, 2.05) is 29.6 Å². The average molecular weight is 445 g/mol. The Labute approximate surface area is 185 Å². The first-order valence-corrected chi connectivity index (χ1v) is 10.5. The molecule has 0 unspecified atom stereocenters. The number of thiazole rings is 1. The Morgan fingerprint density at radius 3 is 2.41 bits per heavy atom. The summed E-state index contributed by atoms with van der Waals surface area (Å²) in [7, 11) is 0. The van der Waals surface area contributed by atoms with Crippen LogP contribution in [0.1, 0.15) is 6.92 Å². The van der Waals surface area contributed by atoms with Crippen LogP contribution in [0.5, 0.6) is 0 Å². The van der Waals surface area contributed by atoms with Crippen molar-refractivity contribution >= 4 is 39.7 Å². The normalized spacial score (nSPS) is 10.9. The molecule has 0 fully saturated rings. The van der Waals surface area contributed by atoms with Crippen molar-refractivity contribution in [3.05, 3.63) is 71.9 Å². The second-order valence-corrected chi connectivity index (χ2v) is 7.78. The van der Waals surface area contributed by atoms with Gasteiger partial charge in [-0.05, 0) is 48.5 Å². The van der Waals surface area contributed by atoms with Crippen molar-refractivity contribution in [2.45, 2.75) is 6.92 Å². The molecule has 0 atom stereocenters. The lowest BCUT2D eigenvalue weighted by molar-refractivity contribution is -0.114. The van der Waals surface area contributed by atoms with Crippen LogP contribution >= 0.6 is 11.3 Å². The summed E-state index contributed by atoms with van der Waals surface area (Å²) in [5, 5.41) is 20.7. The Morgan fingerprint density at radius 2 is 1.72 bits per heavy atom. The third kappa shape index (κ3) is 4.03. The topological polar surface area (TPSA) is 97.1 Å². The van der Waals surface area contributed by atoms with Gasteiger partial charge >= 0.3 is 0 Å². The molecule has 0 radical (unpaired) electrons. The van der Waals surface area contributed by atoms with Gasteiger partial charge in [0.05, 0.1) is 11.4 Å². The van der Waals surface area contributed by atoms with E-state index in [4.69, 9.17) is 0 Å². The summed E-state index contributed by atoms with van der Waals surface area (Å²) in [6, 6.07) is 17.2. The van der Waals surface area contributed by atoms with E-state index in [0.717, 1.165) is 27.5 Å². The maximum absolute atomic E-state index is 13.1. The average Bonchev–Trinajstić information content (AvgIpc) is 3.35. The smallest absolute Gasteiger partial charge is 0.249 e. The third-order valence-electron chi connectivity index (χ3n) is 4.63. The van der Waals surface area contributed by atoms with Gasteiger partial charge in [-0.15, -0.1) is 26.6 Å². The van der Waals surface area contributed by atoms with Gasteiger partial charge in [0, 0.05) is 29.1 Å². The molecule has 0 bridgehead atoms. The number of carbonyl (C=O) groups is 1. The fourth-order valence-corrected chi connectivity index (χ4v) is 3.98. The molecular formula is C22H16FN7OS. The molecule has 5 aromatic rings. The monoisotopic (exact) mass is 445 g/mol. The molecule has 0 saturated heterocycles. The molecule has 5 rings (SSSR count). The highest BCUT2D eigenvalue weighted by Crippen LogP contribution is 2.27. The van der Waals surface area contributed by atoms with Crippen molar-refractivity contribution in [3.8, 4) is 22.5 Å². The molecular weight excluding hydrogens is 429 g/mol. The number of nitrogens with one attached hydrogen (secondary N) is 2. The van der Waals surface area contributed by atoms with Crippen LogP contribution in [0.25, 0.3) is 27.5 Å². The summed E-state index contributed by atoms with van der Waals surface area (Å²) < 4.78 is 14.8. The van der Waals surface area contributed by atoms with Crippen molar-refractivity contribution in [1.29, 1.82) is 0 Å². The molecule has 1 amide bonds. The maximum Gasteiger partial charge on any atom is 0.249 e. The number of hydrogen-bond donors (Lipinski definition) is 2. The van der Waals surface area contributed by atoms with Gasteiger partial charge in [-0.25, -0.2) is 8.91 Å². The molecule has 3 aromatic heterocycles. The van der Waals surface area contributed by atoms with E-state index < -0.39 is 0 Å². The SMILES string of the molecule is CC(=O)Nc1ccc(-c2csc3nc(Nc4ccc(-c5ccc(F)cc5)nn4)nn23)cc1. The van der Waals surface area contributed by atoms with E-state index in [0.29, 0.717) is 17.5 Å². The summed E-state index contributed by atoms with van der Waals surface area (Å²) in [5.41, 5.74) is 3.99. The number of aromatic nitrogens is 5. The minimum absolute atomic E-state index is 0.114. The van der Waals surface area contributed by atoms with Crippen molar-refractivity contribution in [3.63, 3.8) is 0 Å². The third-order valence-corrected chi connectivity index (χ3v) is 5.44. The van der Waals surface area contributed by atoms with Crippen LogP contribution in [-0.4, -0.2) is 30.7 Å². The molecule has 8 nitrogen and oxygen atoms in total. The second kappa shape index (κ2) is 8.16. The fraction of sp³-hybridized carbons (Fsp3) is 0.0455. The Hall–Kier alpha value is -4.18. The first-order chi connectivity index (χ1) is 15.5. The summed E-state index contributed by atoms with van der Waals surface area (Å²) >= 11 is 1.47. The summed E-state index contributed by atoms with van der Waals surface area (Å²) in [6.07, 6.45) is 0. The fourth-order valence-electron chi connectivity index (χ4n) is 3.15. The molecule has 0 spiro atoms. The summed E-state index contributed by atoms with van der Waals surface area (Å²) in [6.45, 7) is 1.47. The minimum atomic E-state index is -0.297. The number of hydrogen-bond acceptors (Lipinski definition) is 7. The molecule has 0 saturated carbocycles. The first kappa shape index (κ1) is 19.8. The van der Waals surface area contributed by atoms with E-state index in [-0.39, 0.29) is 11.7 Å². The number of benzene rings is 2. The van der Waals surface area contributed by atoms with Gasteiger partial charge in [-0.3, -0.25) is 4.79 Å². The van der Waals surface area contributed by atoms with Crippen LogP contribution in [0.2, 0.25) is 0 Å². The highest BCUT2D eigenvalue weighted by atomic mass is 32.1. The Morgan fingerprint density at radius 1 is 0.969 bits per heavy atom. The van der Waals surface area contributed by atoms with Crippen molar-refractivity contribution in [1.82, 2.24) is 24.8 Å². The predicted molar refractivity (Wildman–Crippen MR) is 121 cm³/mol. The van der Waals surface area contributed by atoms with E-state index in [1.54, 1.807) is 28.8 Å². The number of rotatable bonds is 5. The highest BCUT2D eigenvalue weighted by Gasteiger charge is 2.12. The largest absolute Gasteiger partial charge is 0.326 e.